The van der Waals surface area contributed by atoms with E-state index in [2.05, 4.69) is 5.32 Å². The fourth-order valence-corrected chi connectivity index (χ4v) is 1.04. The lowest BCUT2D eigenvalue weighted by Gasteiger charge is -1.97. The minimum absolute atomic E-state index is 0.0217. The van der Waals surface area contributed by atoms with Crippen LogP contribution in [0.5, 0.6) is 0 Å². The molecule has 0 bridgehead atoms. The van der Waals surface area contributed by atoms with Crippen LogP contribution < -0.4 is 5.32 Å². The molecule has 0 radical (unpaired) electrons. The third-order valence-corrected chi connectivity index (χ3v) is 1.80. The molecule has 1 aliphatic carbocycles. The first-order valence-electron chi connectivity index (χ1n) is 3.60. The van der Waals surface area contributed by atoms with Crippen LogP contribution in [-0.2, 0) is 4.79 Å². The second-order valence-corrected chi connectivity index (χ2v) is 2.94. The van der Waals surface area contributed by atoms with E-state index in [0.29, 0.717) is 0 Å². The molecule has 0 saturated heterocycles. The SMILES string of the molecule is CNCC(=O)CC1CC1(F)F. The van der Waals surface area contributed by atoms with Gasteiger partial charge in [-0.25, -0.2) is 8.78 Å². The van der Waals surface area contributed by atoms with Crippen LogP contribution in [0, 0.1) is 5.92 Å². The summed E-state index contributed by atoms with van der Waals surface area (Å²) in [5.41, 5.74) is 0. The Balaban J connectivity index is 2.18. The summed E-state index contributed by atoms with van der Waals surface area (Å²) in [6.07, 6.45) is -0.0870. The Labute approximate surface area is 64.0 Å². The zero-order valence-corrected chi connectivity index (χ0v) is 6.36. The molecular formula is C7H11F2NO. The van der Waals surface area contributed by atoms with Gasteiger partial charge in [0.05, 0.1) is 6.54 Å². The molecule has 11 heavy (non-hydrogen) atoms. The molecule has 1 unspecified atom stereocenters. The summed E-state index contributed by atoms with van der Waals surface area (Å²) >= 11 is 0. The average molecular weight is 163 g/mol. The van der Waals surface area contributed by atoms with Crippen molar-refractivity contribution in [2.75, 3.05) is 13.6 Å². The summed E-state index contributed by atoms with van der Waals surface area (Å²) in [5, 5.41) is 2.63. The second-order valence-electron chi connectivity index (χ2n) is 2.94. The molecule has 0 aromatic carbocycles. The molecule has 1 aliphatic rings. The lowest BCUT2D eigenvalue weighted by Crippen LogP contribution is -2.19. The highest BCUT2D eigenvalue weighted by Crippen LogP contribution is 2.50. The number of likely N-dealkylation sites (N-methyl/N-ethyl adjacent to an activating group) is 1. The topological polar surface area (TPSA) is 29.1 Å². The maximum Gasteiger partial charge on any atom is 0.252 e. The average Bonchev–Trinajstić information content (AvgIpc) is 2.39. The second kappa shape index (κ2) is 2.85. The number of nitrogens with one attached hydrogen (secondary N) is 1. The van der Waals surface area contributed by atoms with Gasteiger partial charge < -0.3 is 5.32 Å². The Morgan fingerprint density at radius 1 is 1.73 bits per heavy atom. The summed E-state index contributed by atoms with van der Waals surface area (Å²) in [6.45, 7) is 0.201. The van der Waals surface area contributed by atoms with Crippen LogP contribution in [0.4, 0.5) is 8.78 Å². The molecule has 0 aromatic heterocycles. The van der Waals surface area contributed by atoms with E-state index in [-0.39, 0.29) is 25.2 Å². The number of halogens is 2. The molecule has 0 aromatic rings. The van der Waals surface area contributed by atoms with E-state index in [1.807, 2.05) is 0 Å². The maximum absolute atomic E-state index is 12.2. The van der Waals surface area contributed by atoms with Crippen LogP contribution in [0.25, 0.3) is 0 Å². The predicted molar refractivity (Wildman–Crippen MR) is 36.6 cm³/mol. The number of hydrogen-bond donors (Lipinski definition) is 1. The van der Waals surface area contributed by atoms with E-state index in [9.17, 15) is 13.6 Å². The van der Waals surface area contributed by atoms with Crippen LogP contribution in [0.1, 0.15) is 12.8 Å². The third kappa shape index (κ3) is 2.22. The lowest BCUT2D eigenvalue weighted by atomic mass is 10.2. The van der Waals surface area contributed by atoms with Crippen molar-refractivity contribution in [3.05, 3.63) is 0 Å². The predicted octanol–water partition coefficient (Wildman–Crippen LogP) is 0.820. The molecule has 1 atom stereocenters. The van der Waals surface area contributed by atoms with Gasteiger partial charge in [0.2, 0.25) is 0 Å². The van der Waals surface area contributed by atoms with E-state index < -0.39 is 11.8 Å². The number of alkyl halides is 2. The van der Waals surface area contributed by atoms with E-state index >= 15 is 0 Å². The van der Waals surface area contributed by atoms with Crippen molar-refractivity contribution in [3.63, 3.8) is 0 Å². The molecule has 1 fully saturated rings. The molecule has 4 heteroatoms. The van der Waals surface area contributed by atoms with E-state index in [1.54, 1.807) is 7.05 Å². The number of hydrogen-bond acceptors (Lipinski definition) is 2. The first-order chi connectivity index (χ1) is 5.06. The smallest absolute Gasteiger partial charge is 0.252 e. The summed E-state index contributed by atoms with van der Waals surface area (Å²) in [4.78, 5) is 10.8. The van der Waals surface area contributed by atoms with Crippen molar-refractivity contribution in [1.82, 2.24) is 5.32 Å². The molecule has 0 aliphatic heterocycles. The Kier molecular flexibility index (Phi) is 2.23. The Morgan fingerprint density at radius 3 is 2.64 bits per heavy atom. The zero-order chi connectivity index (χ0) is 8.48. The molecule has 0 spiro atoms. The van der Waals surface area contributed by atoms with Gasteiger partial charge >= 0.3 is 0 Å². The van der Waals surface area contributed by atoms with Crippen molar-refractivity contribution >= 4 is 5.78 Å². The molecule has 0 amide bonds. The van der Waals surface area contributed by atoms with Crippen LogP contribution in [0.3, 0.4) is 0 Å². The highest BCUT2D eigenvalue weighted by atomic mass is 19.3. The number of carbonyl (C=O) groups is 1. The fraction of sp³-hybridized carbons (Fsp3) is 0.857. The summed E-state index contributed by atoms with van der Waals surface area (Å²) in [7, 11) is 1.63. The monoisotopic (exact) mass is 163 g/mol. The summed E-state index contributed by atoms with van der Waals surface area (Å²) < 4.78 is 24.4. The molecule has 0 heterocycles. The van der Waals surface area contributed by atoms with Gasteiger partial charge in [-0.2, -0.15) is 0 Å². The molecule has 1 saturated carbocycles. The van der Waals surface area contributed by atoms with Gasteiger partial charge in [0, 0.05) is 18.8 Å². The van der Waals surface area contributed by atoms with Gasteiger partial charge in [-0.1, -0.05) is 0 Å². The molecule has 2 nitrogen and oxygen atoms in total. The summed E-state index contributed by atoms with van der Waals surface area (Å²) in [5.74, 6) is -3.36. The largest absolute Gasteiger partial charge is 0.313 e. The molecule has 64 valence electrons. The minimum atomic E-state index is -2.55. The molecular weight excluding hydrogens is 152 g/mol. The van der Waals surface area contributed by atoms with Gasteiger partial charge in [-0.15, -0.1) is 0 Å². The Bertz CT molecular complexity index is 170. The first-order valence-corrected chi connectivity index (χ1v) is 3.60. The van der Waals surface area contributed by atoms with Crippen LogP contribution in [-0.4, -0.2) is 25.3 Å². The fourth-order valence-electron chi connectivity index (χ4n) is 1.04. The molecule has 1 rings (SSSR count). The van der Waals surface area contributed by atoms with E-state index in [4.69, 9.17) is 0 Å². The van der Waals surface area contributed by atoms with Crippen molar-refractivity contribution < 1.29 is 13.6 Å². The lowest BCUT2D eigenvalue weighted by molar-refractivity contribution is -0.119. The highest BCUT2D eigenvalue weighted by Gasteiger charge is 2.56. The van der Waals surface area contributed by atoms with Gasteiger partial charge in [0.15, 0.2) is 0 Å². The number of Topliss-reactive ketones (excluding diaryl/α,β-unsaturated/α-hetero) is 1. The Hall–Kier alpha value is -0.510. The number of ketones is 1. The standard InChI is InChI=1S/C7H11F2NO/c1-10-4-6(11)2-5-3-7(5,8)9/h5,10H,2-4H2,1H3. The Morgan fingerprint density at radius 2 is 2.27 bits per heavy atom. The van der Waals surface area contributed by atoms with E-state index in [1.165, 1.54) is 0 Å². The quantitative estimate of drug-likeness (QED) is 0.664. The van der Waals surface area contributed by atoms with Gasteiger partial charge in [-0.05, 0) is 7.05 Å². The third-order valence-electron chi connectivity index (χ3n) is 1.80. The number of rotatable bonds is 4. The van der Waals surface area contributed by atoms with E-state index in [0.717, 1.165) is 0 Å². The minimum Gasteiger partial charge on any atom is -0.313 e. The van der Waals surface area contributed by atoms with Crippen molar-refractivity contribution in [2.45, 2.75) is 18.8 Å². The van der Waals surface area contributed by atoms with Gasteiger partial charge in [-0.3, -0.25) is 4.79 Å². The number of carbonyl (C=O) groups excluding carboxylic acids is 1. The normalized spacial score (nSPS) is 26.6. The van der Waals surface area contributed by atoms with Gasteiger partial charge in [0.1, 0.15) is 5.78 Å². The highest BCUT2D eigenvalue weighted by molar-refractivity contribution is 5.81. The van der Waals surface area contributed by atoms with Crippen LogP contribution >= 0.6 is 0 Å². The molecule has 1 N–H and O–H groups in total. The maximum atomic E-state index is 12.2. The van der Waals surface area contributed by atoms with Crippen LogP contribution in [0.15, 0.2) is 0 Å². The zero-order valence-electron chi connectivity index (χ0n) is 6.36. The summed E-state index contributed by atoms with van der Waals surface area (Å²) in [6, 6.07) is 0. The van der Waals surface area contributed by atoms with Crippen molar-refractivity contribution in [2.24, 2.45) is 5.92 Å². The van der Waals surface area contributed by atoms with Crippen molar-refractivity contribution in [1.29, 1.82) is 0 Å². The van der Waals surface area contributed by atoms with Crippen molar-refractivity contribution in [3.8, 4) is 0 Å². The van der Waals surface area contributed by atoms with Crippen LogP contribution in [0.2, 0.25) is 0 Å². The first kappa shape index (κ1) is 8.59. The van der Waals surface area contributed by atoms with Gasteiger partial charge in [0.25, 0.3) is 5.92 Å².